The molecule has 2 aromatic heterocycles. The number of H-pyrrole nitrogens is 1. The lowest BCUT2D eigenvalue weighted by molar-refractivity contribution is 0.0954. The summed E-state index contributed by atoms with van der Waals surface area (Å²) in [5.41, 5.74) is 4.95. The molecule has 5 rings (SSSR count). The third kappa shape index (κ3) is 2.89. The molecule has 3 aromatic rings. The summed E-state index contributed by atoms with van der Waals surface area (Å²) < 4.78 is 5.55. The van der Waals surface area contributed by atoms with Crippen molar-refractivity contribution in [1.82, 2.24) is 15.4 Å². The van der Waals surface area contributed by atoms with Gasteiger partial charge in [0.25, 0.3) is 0 Å². The van der Waals surface area contributed by atoms with Gasteiger partial charge in [-0.05, 0) is 37.2 Å². The Labute approximate surface area is 162 Å². The molecule has 1 N–H and O–H groups in total. The fraction of sp³-hybridized carbons (Fsp3) is 0.364. The molecule has 1 unspecified atom stereocenters. The number of aromatic amines is 1. The Morgan fingerprint density at radius 1 is 0.964 bits per heavy atom. The van der Waals surface area contributed by atoms with Gasteiger partial charge in [-0.15, -0.1) is 0 Å². The van der Waals surface area contributed by atoms with E-state index in [4.69, 9.17) is 4.52 Å². The highest BCUT2D eigenvalue weighted by molar-refractivity contribution is 6.00. The first kappa shape index (κ1) is 17.1. The minimum atomic E-state index is 0.0893. The van der Waals surface area contributed by atoms with Crippen molar-refractivity contribution in [2.75, 3.05) is 0 Å². The number of hydrogen-bond acceptors (Lipinski definition) is 5. The first-order chi connectivity index (χ1) is 13.7. The number of nitrogens with zero attached hydrogens (tertiary/aromatic N) is 2. The summed E-state index contributed by atoms with van der Waals surface area (Å²) in [6.07, 6.45) is 4.61. The molecule has 28 heavy (non-hydrogen) atoms. The Hall–Kier alpha value is -3.02. The molecule has 0 aliphatic heterocycles. The van der Waals surface area contributed by atoms with Crippen LogP contribution >= 0.6 is 0 Å². The van der Waals surface area contributed by atoms with Crippen LogP contribution in [0, 0.1) is 0 Å². The van der Waals surface area contributed by atoms with Crippen molar-refractivity contribution in [2.24, 2.45) is 0 Å². The van der Waals surface area contributed by atoms with Crippen LogP contribution in [-0.2, 0) is 25.7 Å². The van der Waals surface area contributed by atoms with Crippen molar-refractivity contribution in [2.45, 2.75) is 50.9 Å². The minimum Gasteiger partial charge on any atom is -0.360 e. The van der Waals surface area contributed by atoms with Crippen LogP contribution in [0.4, 0.5) is 0 Å². The van der Waals surface area contributed by atoms with Gasteiger partial charge < -0.3 is 4.52 Å². The molecule has 2 heterocycles. The highest BCUT2D eigenvalue weighted by Gasteiger charge is 2.33. The Bertz CT molecular complexity index is 1050. The zero-order valence-corrected chi connectivity index (χ0v) is 15.5. The number of carbonyl (C=O) groups is 2. The molecule has 2 aliphatic carbocycles. The maximum atomic E-state index is 12.8. The van der Waals surface area contributed by atoms with Gasteiger partial charge >= 0.3 is 0 Å². The van der Waals surface area contributed by atoms with Gasteiger partial charge in [-0.2, -0.15) is 5.10 Å². The number of hydrogen-bond donors (Lipinski definition) is 1. The molecular formula is C22H21N3O3. The van der Waals surface area contributed by atoms with Crippen LogP contribution in [0.25, 0.3) is 0 Å². The number of rotatable bonds is 4. The summed E-state index contributed by atoms with van der Waals surface area (Å²) in [7, 11) is 0. The van der Waals surface area contributed by atoms with Gasteiger partial charge in [0.15, 0.2) is 11.6 Å². The van der Waals surface area contributed by atoms with E-state index in [1.165, 1.54) is 0 Å². The van der Waals surface area contributed by atoms with Crippen LogP contribution in [0.3, 0.4) is 0 Å². The molecule has 0 saturated carbocycles. The van der Waals surface area contributed by atoms with E-state index >= 15 is 0 Å². The van der Waals surface area contributed by atoms with Crippen molar-refractivity contribution in [3.63, 3.8) is 0 Å². The fourth-order valence-corrected chi connectivity index (χ4v) is 4.47. The third-order valence-corrected chi connectivity index (χ3v) is 5.87. The van der Waals surface area contributed by atoms with E-state index in [1.807, 2.05) is 18.2 Å². The Morgan fingerprint density at radius 2 is 1.79 bits per heavy atom. The minimum absolute atomic E-state index is 0.0893. The van der Waals surface area contributed by atoms with Crippen molar-refractivity contribution >= 4 is 11.6 Å². The van der Waals surface area contributed by atoms with Crippen LogP contribution in [0.1, 0.15) is 74.3 Å². The molecule has 2 aliphatic rings. The predicted molar refractivity (Wildman–Crippen MR) is 102 cm³/mol. The summed E-state index contributed by atoms with van der Waals surface area (Å²) >= 11 is 0. The predicted octanol–water partition coefficient (Wildman–Crippen LogP) is 3.61. The second kappa shape index (κ2) is 6.86. The molecule has 0 spiro atoms. The third-order valence-electron chi connectivity index (χ3n) is 5.87. The van der Waals surface area contributed by atoms with Gasteiger partial charge in [-0.1, -0.05) is 35.5 Å². The number of fused-ring (bicyclic) bond motifs is 2. The average molecular weight is 375 g/mol. The number of aromatic nitrogens is 3. The summed E-state index contributed by atoms with van der Waals surface area (Å²) in [6, 6.07) is 10.1. The van der Waals surface area contributed by atoms with Crippen LogP contribution in [0.2, 0.25) is 0 Å². The van der Waals surface area contributed by atoms with Crippen LogP contribution in [0.15, 0.2) is 34.9 Å². The smallest absolute Gasteiger partial charge is 0.168 e. The second-order valence-electron chi connectivity index (χ2n) is 7.67. The first-order valence-corrected chi connectivity index (χ1v) is 9.85. The number of ketones is 2. The van der Waals surface area contributed by atoms with Crippen molar-refractivity contribution in [1.29, 1.82) is 0 Å². The van der Waals surface area contributed by atoms with Crippen LogP contribution in [-0.4, -0.2) is 26.9 Å². The summed E-state index contributed by atoms with van der Waals surface area (Å²) in [6.45, 7) is 0. The average Bonchev–Trinajstić information content (AvgIpc) is 3.32. The van der Waals surface area contributed by atoms with E-state index in [9.17, 15) is 9.59 Å². The van der Waals surface area contributed by atoms with Crippen LogP contribution < -0.4 is 0 Å². The number of Topliss-reactive ketones (excluding diaryl/α,β-unsaturated/α-hetero) is 2. The number of carbonyl (C=O) groups excluding carboxylic acids is 2. The molecule has 1 aromatic carbocycles. The molecule has 6 heteroatoms. The van der Waals surface area contributed by atoms with Gasteiger partial charge in [-0.3, -0.25) is 14.7 Å². The Kier molecular flexibility index (Phi) is 4.19. The van der Waals surface area contributed by atoms with E-state index in [2.05, 4.69) is 27.5 Å². The lowest BCUT2D eigenvalue weighted by atomic mass is 9.81. The van der Waals surface area contributed by atoms with Gasteiger partial charge in [-0.25, -0.2) is 0 Å². The zero-order valence-electron chi connectivity index (χ0n) is 15.5. The van der Waals surface area contributed by atoms with Gasteiger partial charge in [0, 0.05) is 25.0 Å². The van der Waals surface area contributed by atoms with Gasteiger partial charge in [0.1, 0.15) is 5.76 Å². The number of nitrogens with one attached hydrogen (secondary N) is 1. The van der Waals surface area contributed by atoms with Crippen LogP contribution in [0.5, 0.6) is 0 Å². The van der Waals surface area contributed by atoms with Gasteiger partial charge in [0.2, 0.25) is 0 Å². The summed E-state index contributed by atoms with van der Waals surface area (Å²) in [5.74, 6) is 1.07. The second-order valence-corrected chi connectivity index (χ2v) is 7.67. The topological polar surface area (TPSA) is 88.8 Å². The Balaban J connectivity index is 1.36. The lowest BCUT2D eigenvalue weighted by Gasteiger charge is -2.20. The molecule has 0 amide bonds. The standard InChI is InChI=1S/C22H21N3O3/c26-18-8-4-7-15-21(18)16(24-23-15)9-10-17-22-19(27)11-14(12-20(22)28-25-17)13-5-2-1-3-6-13/h1-3,5-6,14H,4,7-12H2,(H,23,24). The lowest BCUT2D eigenvalue weighted by Crippen LogP contribution is -2.19. The number of benzene rings is 1. The monoisotopic (exact) mass is 375 g/mol. The van der Waals surface area contributed by atoms with E-state index in [1.54, 1.807) is 0 Å². The van der Waals surface area contributed by atoms with Gasteiger partial charge in [0.05, 0.1) is 22.5 Å². The summed E-state index contributed by atoms with van der Waals surface area (Å²) in [4.78, 5) is 25.1. The zero-order chi connectivity index (χ0) is 19.1. The maximum Gasteiger partial charge on any atom is 0.168 e. The molecule has 1 atom stereocenters. The first-order valence-electron chi connectivity index (χ1n) is 9.85. The molecule has 6 nitrogen and oxygen atoms in total. The molecule has 0 saturated heterocycles. The van der Waals surface area contributed by atoms with Crippen molar-refractivity contribution in [3.05, 3.63) is 69.9 Å². The molecule has 0 fully saturated rings. The molecule has 142 valence electrons. The highest BCUT2D eigenvalue weighted by atomic mass is 16.5. The van der Waals surface area contributed by atoms with E-state index in [0.29, 0.717) is 49.1 Å². The van der Waals surface area contributed by atoms with E-state index in [0.717, 1.165) is 35.4 Å². The van der Waals surface area contributed by atoms with Crippen molar-refractivity contribution < 1.29 is 14.1 Å². The summed E-state index contributed by atoms with van der Waals surface area (Å²) in [5, 5.41) is 11.5. The highest BCUT2D eigenvalue weighted by Crippen LogP contribution is 2.34. The quantitative estimate of drug-likeness (QED) is 0.752. The fourth-order valence-electron chi connectivity index (χ4n) is 4.47. The largest absolute Gasteiger partial charge is 0.360 e. The Morgan fingerprint density at radius 3 is 2.64 bits per heavy atom. The van der Waals surface area contributed by atoms with E-state index < -0.39 is 0 Å². The van der Waals surface area contributed by atoms with Crippen molar-refractivity contribution in [3.8, 4) is 0 Å². The normalized spacial score (nSPS) is 18.8. The molecule has 0 bridgehead atoms. The maximum absolute atomic E-state index is 12.8. The number of aryl methyl sites for hydroxylation is 3. The van der Waals surface area contributed by atoms with E-state index in [-0.39, 0.29) is 17.5 Å². The molecule has 0 radical (unpaired) electrons. The molecular weight excluding hydrogens is 354 g/mol. The SMILES string of the molecule is O=C1CCCc2[nH]nc(CCc3noc4c3C(=O)CC(c3ccccc3)C4)c21.